The Balaban J connectivity index is 1.66. The van der Waals surface area contributed by atoms with E-state index in [1.54, 1.807) is 0 Å². The van der Waals surface area contributed by atoms with Crippen LogP contribution < -0.4 is 5.69 Å². The van der Waals surface area contributed by atoms with Gasteiger partial charge in [-0.3, -0.25) is 4.79 Å². The fraction of sp³-hybridized carbons (Fsp3) is 0.643. The predicted octanol–water partition coefficient (Wildman–Crippen LogP) is 1.36. The monoisotopic (exact) mass is 293 g/mol. The van der Waals surface area contributed by atoms with Gasteiger partial charge in [0.15, 0.2) is 0 Å². The number of hydrogen-bond acceptors (Lipinski definition) is 4. The number of aromatic amines is 1. The van der Waals surface area contributed by atoms with Crippen molar-refractivity contribution >= 4 is 17.7 Å². The number of piperidine rings is 1. The maximum atomic E-state index is 12.1. The second kappa shape index (κ2) is 5.99. The highest BCUT2D eigenvalue weighted by atomic mass is 32.2. The second-order valence-electron chi connectivity index (χ2n) is 5.39. The number of carbonyl (C=O) groups is 1. The molecule has 1 aliphatic carbocycles. The molecule has 0 atom stereocenters. The van der Waals surface area contributed by atoms with Crippen molar-refractivity contribution in [2.75, 3.05) is 18.8 Å². The van der Waals surface area contributed by atoms with Crippen molar-refractivity contribution in [3.8, 4) is 0 Å². The van der Waals surface area contributed by atoms with Crippen molar-refractivity contribution in [2.45, 2.75) is 43.6 Å². The van der Waals surface area contributed by atoms with Gasteiger partial charge in [-0.2, -0.15) is 4.98 Å². The molecule has 20 heavy (non-hydrogen) atoms. The van der Waals surface area contributed by atoms with Crippen LogP contribution in [-0.2, 0) is 17.6 Å². The zero-order valence-corrected chi connectivity index (χ0v) is 12.3. The van der Waals surface area contributed by atoms with Crippen LogP contribution in [0.25, 0.3) is 0 Å². The molecule has 6 heteroatoms. The summed E-state index contributed by atoms with van der Waals surface area (Å²) in [5.74, 6) is 0.562. The molecule has 2 heterocycles. The van der Waals surface area contributed by atoms with Gasteiger partial charge < -0.3 is 9.88 Å². The molecule has 1 aliphatic heterocycles. The van der Waals surface area contributed by atoms with Crippen LogP contribution in [0, 0.1) is 0 Å². The summed E-state index contributed by atoms with van der Waals surface area (Å²) in [5.41, 5.74) is 1.86. The molecule has 0 spiro atoms. The zero-order chi connectivity index (χ0) is 13.9. The molecule has 0 bridgehead atoms. The molecule has 1 fully saturated rings. The number of amides is 1. The Labute approximate surface area is 122 Å². The number of likely N-dealkylation sites (tertiary alicyclic amines) is 1. The Kier molecular flexibility index (Phi) is 4.10. The molecule has 108 valence electrons. The summed E-state index contributed by atoms with van der Waals surface area (Å²) < 4.78 is 0. The van der Waals surface area contributed by atoms with Crippen LogP contribution in [0.2, 0.25) is 0 Å². The SMILES string of the molecule is O=C(CSc1nc(=O)[nH]c2c1CCC2)N1CCCCC1. The average Bonchev–Trinajstić information content (AvgIpc) is 2.93. The van der Waals surface area contributed by atoms with Gasteiger partial charge in [0.2, 0.25) is 5.91 Å². The number of aromatic nitrogens is 2. The molecule has 1 aromatic rings. The van der Waals surface area contributed by atoms with Gasteiger partial charge in [-0.05, 0) is 38.5 Å². The highest BCUT2D eigenvalue weighted by molar-refractivity contribution is 7.99. The lowest BCUT2D eigenvalue weighted by Gasteiger charge is -2.26. The Morgan fingerprint density at radius 2 is 2.00 bits per heavy atom. The van der Waals surface area contributed by atoms with E-state index >= 15 is 0 Å². The van der Waals surface area contributed by atoms with Crippen LogP contribution >= 0.6 is 11.8 Å². The number of hydrogen-bond donors (Lipinski definition) is 1. The van der Waals surface area contributed by atoms with Gasteiger partial charge in [-0.15, -0.1) is 0 Å². The van der Waals surface area contributed by atoms with E-state index in [2.05, 4.69) is 9.97 Å². The van der Waals surface area contributed by atoms with Crippen molar-refractivity contribution in [3.63, 3.8) is 0 Å². The van der Waals surface area contributed by atoms with Crippen molar-refractivity contribution in [1.82, 2.24) is 14.9 Å². The van der Waals surface area contributed by atoms with Gasteiger partial charge in [0.05, 0.1) is 5.75 Å². The number of thioether (sulfide) groups is 1. The Morgan fingerprint density at radius 3 is 2.80 bits per heavy atom. The van der Waals surface area contributed by atoms with E-state index in [9.17, 15) is 9.59 Å². The fourth-order valence-corrected chi connectivity index (χ4v) is 3.91. The smallest absolute Gasteiger partial charge is 0.342 e. The molecule has 0 radical (unpaired) electrons. The molecule has 0 unspecified atom stereocenters. The average molecular weight is 293 g/mol. The number of carbonyl (C=O) groups excluding carboxylic acids is 1. The summed E-state index contributed by atoms with van der Waals surface area (Å²) in [6.45, 7) is 1.75. The third-order valence-corrected chi connectivity index (χ3v) is 4.98. The highest BCUT2D eigenvalue weighted by Crippen LogP contribution is 2.28. The minimum Gasteiger partial charge on any atom is -0.342 e. The minimum absolute atomic E-state index is 0.170. The molecular formula is C14H19N3O2S. The van der Waals surface area contributed by atoms with Crippen LogP contribution in [0.3, 0.4) is 0 Å². The topological polar surface area (TPSA) is 66.1 Å². The molecule has 1 aromatic heterocycles. The normalized spacial score (nSPS) is 18.1. The van der Waals surface area contributed by atoms with Gasteiger partial charge in [-0.25, -0.2) is 4.79 Å². The highest BCUT2D eigenvalue weighted by Gasteiger charge is 2.21. The van der Waals surface area contributed by atoms with E-state index in [1.807, 2.05) is 4.90 Å². The van der Waals surface area contributed by atoms with Gasteiger partial charge in [0.25, 0.3) is 0 Å². The lowest BCUT2D eigenvalue weighted by atomic mass is 10.1. The summed E-state index contributed by atoms with van der Waals surface area (Å²) >= 11 is 1.42. The van der Waals surface area contributed by atoms with Crippen molar-refractivity contribution in [2.24, 2.45) is 0 Å². The van der Waals surface area contributed by atoms with Crippen LogP contribution in [0.1, 0.15) is 36.9 Å². The number of rotatable bonds is 3. The van der Waals surface area contributed by atoms with E-state index in [-0.39, 0.29) is 11.6 Å². The Bertz CT molecular complexity index is 564. The quantitative estimate of drug-likeness (QED) is 0.675. The third-order valence-electron chi connectivity index (χ3n) is 3.98. The standard InChI is InChI=1S/C14H19N3O2S/c18-12(17-7-2-1-3-8-17)9-20-13-10-5-4-6-11(10)15-14(19)16-13/h1-9H2,(H,15,16,19). The molecular weight excluding hydrogens is 274 g/mol. The summed E-state index contributed by atoms with van der Waals surface area (Å²) in [5, 5.41) is 0.756. The summed E-state index contributed by atoms with van der Waals surface area (Å²) in [6.07, 6.45) is 6.37. The third kappa shape index (κ3) is 2.90. The molecule has 1 amide bonds. The van der Waals surface area contributed by atoms with Crippen molar-refractivity contribution in [3.05, 3.63) is 21.7 Å². The van der Waals surface area contributed by atoms with Crippen LogP contribution in [0.5, 0.6) is 0 Å². The van der Waals surface area contributed by atoms with Gasteiger partial charge in [0, 0.05) is 24.3 Å². The Morgan fingerprint density at radius 1 is 1.20 bits per heavy atom. The molecule has 1 N–H and O–H groups in total. The first-order chi connectivity index (χ1) is 9.74. The second-order valence-corrected chi connectivity index (χ2v) is 6.35. The lowest BCUT2D eigenvalue weighted by molar-refractivity contribution is -0.129. The van der Waals surface area contributed by atoms with E-state index in [1.165, 1.54) is 18.2 Å². The molecule has 2 aliphatic rings. The first-order valence-corrected chi connectivity index (χ1v) is 8.25. The maximum absolute atomic E-state index is 12.1. The fourth-order valence-electron chi connectivity index (χ4n) is 2.92. The van der Waals surface area contributed by atoms with E-state index in [0.29, 0.717) is 5.75 Å². The number of H-pyrrole nitrogens is 1. The first kappa shape index (κ1) is 13.7. The molecule has 1 saturated heterocycles. The van der Waals surface area contributed by atoms with Gasteiger partial charge >= 0.3 is 5.69 Å². The summed E-state index contributed by atoms with van der Waals surface area (Å²) in [7, 11) is 0. The van der Waals surface area contributed by atoms with Gasteiger partial charge in [-0.1, -0.05) is 11.8 Å². The van der Waals surface area contributed by atoms with Gasteiger partial charge in [0.1, 0.15) is 5.03 Å². The number of nitrogens with zero attached hydrogens (tertiary/aromatic N) is 2. The molecule has 0 saturated carbocycles. The maximum Gasteiger partial charge on any atom is 0.346 e. The minimum atomic E-state index is -0.293. The van der Waals surface area contributed by atoms with E-state index in [0.717, 1.165) is 61.5 Å². The van der Waals surface area contributed by atoms with Crippen molar-refractivity contribution < 1.29 is 4.79 Å². The van der Waals surface area contributed by atoms with Crippen LogP contribution in [0.4, 0.5) is 0 Å². The number of aryl methyl sites for hydroxylation is 1. The zero-order valence-electron chi connectivity index (χ0n) is 11.5. The van der Waals surface area contributed by atoms with Crippen LogP contribution in [-0.4, -0.2) is 39.6 Å². The molecule has 0 aromatic carbocycles. The van der Waals surface area contributed by atoms with E-state index < -0.39 is 0 Å². The number of nitrogens with one attached hydrogen (secondary N) is 1. The molecule has 3 rings (SSSR count). The summed E-state index contributed by atoms with van der Waals surface area (Å²) in [4.78, 5) is 32.5. The van der Waals surface area contributed by atoms with Crippen molar-refractivity contribution in [1.29, 1.82) is 0 Å². The predicted molar refractivity (Wildman–Crippen MR) is 78.0 cm³/mol. The first-order valence-electron chi connectivity index (χ1n) is 7.26. The largest absolute Gasteiger partial charge is 0.346 e. The van der Waals surface area contributed by atoms with Crippen LogP contribution in [0.15, 0.2) is 9.82 Å². The lowest BCUT2D eigenvalue weighted by Crippen LogP contribution is -2.36. The molecule has 5 nitrogen and oxygen atoms in total. The Hall–Kier alpha value is -1.30. The summed E-state index contributed by atoms with van der Waals surface area (Å²) in [6, 6.07) is 0. The van der Waals surface area contributed by atoms with E-state index in [4.69, 9.17) is 0 Å². The number of fused-ring (bicyclic) bond motifs is 1.